The summed E-state index contributed by atoms with van der Waals surface area (Å²) in [6, 6.07) is 11.9. The van der Waals surface area contributed by atoms with E-state index in [-0.39, 0.29) is 17.3 Å². The van der Waals surface area contributed by atoms with Crippen molar-refractivity contribution in [3.05, 3.63) is 52.5 Å². The van der Waals surface area contributed by atoms with Crippen LogP contribution in [0.25, 0.3) is 0 Å². The fourth-order valence-corrected chi connectivity index (χ4v) is 5.00. The normalized spacial score (nSPS) is 15.6. The number of hydrogen-bond donors (Lipinski definition) is 1. The first-order valence-corrected chi connectivity index (χ1v) is 12.1. The van der Waals surface area contributed by atoms with Crippen LogP contribution in [0, 0.1) is 0 Å². The number of methoxy groups -OCH3 is 2. The van der Waals surface area contributed by atoms with Gasteiger partial charge in [0.15, 0.2) is 11.5 Å². The molecular formula is C21H25BrN4O5S. The number of benzene rings is 2. The minimum Gasteiger partial charge on any atom is -0.493 e. The molecule has 1 saturated heterocycles. The molecule has 3 rings (SSSR count). The van der Waals surface area contributed by atoms with Crippen molar-refractivity contribution in [1.82, 2.24) is 14.6 Å². The number of nitrogens with one attached hydrogen (secondary N) is 1. The van der Waals surface area contributed by atoms with Gasteiger partial charge in [0.25, 0.3) is 5.91 Å². The van der Waals surface area contributed by atoms with E-state index in [1.165, 1.54) is 17.6 Å². The lowest BCUT2D eigenvalue weighted by Crippen LogP contribution is -2.50. The van der Waals surface area contributed by atoms with Gasteiger partial charge in [0, 0.05) is 36.2 Å². The van der Waals surface area contributed by atoms with Gasteiger partial charge in [-0.15, -0.1) is 0 Å². The van der Waals surface area contributed by atoms with Crippen molar-refractivity contribution in [2.75, 3.05) is 46.9 Å². The molecule has 9 nitrogen and oxygen atoms in total. The second kappa shape index (κ2) is 10.9. The third kappa shape index (κ3) is 5.85. The smallest absolute Gasteiger partial charge is 0.254 e. The number of hydrazone groups is 1. The van der Waals surface area contributed by atoms with Crippen LogP contribution in [0.3, 0.4) is 0 Å². The Bertz CT molecular complexity index is 1070. The third-order valence-corrected chi connectivity index (χ3v) is 7.42. The maximum Gasteiger partial charge on any atom is 0.254 e. The first-order chi connectivity index (χ1) is 15.3. The lowest BCUT2D eigenvalue weighted by atomic mass is 10.2. The summed E-state index contributed by atoms with van der Waals surface area (Å²) in [7, 11) is -0.470. The third-order valence-electron chi connectivity index (χ3n) is 4.98. The average molecular weight is 525 g/mol. The molecule has 1 aliphatic heterocycles. The Hall–Kier alpha value is -2.47. The first kappa shape index (κ1) is 24.2. The van der Waals surface area contributed by atoms with Crippen molar-refractivity contribution in [2.45, 2.75) is 4.90 Å². The van der Waals surface area contributed by atoms with Crippen LogP contribution in [0.5, 0.6) is 11.5 Å². The van der Waals surface area contributed by atoms with Crippen LogP contribution < -0.4 is 14.9 Å². The molecular weight excluding hydrogens is 500 g/mol. The summed E-state index contributed by atoms with van der Waals surface area (Å²) in [6.45, 7) is 1.66. The largest absolute Gasteiger partial charge is 0.493 e. The summed E-state index contributed by atoms with van der Waals surface area (Å²) in [5.41, 5.74) is 3.16. The van der Waals surface area contributed by atoms with E-state index >= 15 is 0 Å². The van der Waals surface area contributed by atoms with E-state index < -0.39 is 10.0 Å². The lowest BCUT2D eigenvalue weighted by molar-refractivity contribution is -0.122. The highest BCUT2D eigenvalue weighted by molar-refractivity contribution is 9.10. The Labute approximate surface area is 196 Å². The fourth-order valence-electron chi connectivity index (χ4n) is 3.31. The number of sulfonamides is 1. The summed E-state index contributed by atoms with van der Waals surface area (Å²) in [4.78, 5) is 14.4. The average Bonchev–Trinajstić information content (AvgIpc) is 2.79. The highest BCUT2D eigenvalue weighted by Crippen LogP contribution is 2.29. The van der Waals surface area contributed by atoms with Crippen LogP contribution in [-0.2, 0) is 14.8 Å². The van der Waals surface area contributed by atoms with Crippen molar-refractivity contribution < 1.29 is 22.7 Å². The molecule has 32 heavy (non-hydrogen) atoms. The first-order valence-electron chi connectivity index (χ1n) is 9.86. The molecule has 1 N–H and O–H groups in total. The van der Waals surface area contributed by atoms with E-state index in [4.69, 9.17) is 9.47 Å². The van der Waals surface area contributed by atoms with Gasteiger partial charge in [-0.25, -0.2) is 13.8 Å². The molecule has 1 heterocycles. The van der Waals surface area contributed by atoms with Crippen molar-refractivity contribution in [1.29, 1.82) is 0 Å². The molecule has 1 fully saturated rings. The van der Waals surface area contributed by atoms with Gasteiger partial charge < -0.3 is 9.47 Å². The van der Waals surface area contributed by atoms with E-state index in [2.05, 4.69) is 26.5 Å². The SMILES string of the molecule is COc1cccc(C=NNC(=O)CN2CCN(S(=O)(=O)c3ccc(Br)cc3)CC2)c1OC. The quantitative estimate of drug-likeness (QED) is 0.418. The number of ether oxygens (including phenoxy) is 2. The molecule has 0 aliphatic carbocycles. The number of nitrogens with zero attached hydrogens (tertiary/aromatic N) is 3. The van der Waals surface area contributed by atoms with Gasteiger partial charge in [0.1, 0.15) is 0 Å². The summed E-state index contributed by atoms with van der Waals surface area (Å²) < 4.78 is 38.4. The van der Waals surface area contributed by atoms with Gasteiger partial charge in [-0.2, -0.15) is 9.41 Å². The topological polar surface area (TPSA) is 101 Å². The molecule has 0 bridgehead atoms. The van der Waals surface area contributed by atoms with Gasteiger partial charge in [-0.1, -0.05) is 22.0 Å². The molecule has 1 amide bonds. The van der Waals surface area contributed by atoms with Crippen LogP contribution in [0.4, 0.5) is 0 Å². The Morgan fingerprint density at radius 1 is 1.09 bits per heavy atom. The van der Waals surface area contributed by atoms with E-state index in [0.717, 1.165) is 4.47 Å². The van der Waals surface area contributed by atoms with Crippen molar-refractivity contribution in [3.8, 4) is 11.5 Å². The molecule has 172 valence electrons. The predicted molar refractivity (Wildman–Crippen MR) is 125 cm³/mol. The number of hydrogen-bond acceptors (Lipinski definition) is 7. The lowest BCUT2D eigenvalue weighted by Gasteiger charge is -2.33. The zero-order valence-corrected chi connectivity index (χ0v) is 20.2. The molecule has 0 atom stereocenters. The Morgan fingerprint density at radius 3 is 2.41 bits per heavy atom. The molecule has 0 spiro atoms. The molecule has 0 unspecified atom stereocenters. The van der Waals surface area contributed by atoms with E-state index in [1.54, 1.807) is 49.6 Å². The van der Waals surface area contributed by atoms with E-state index in [1.807, 2.05) is 4.90 Å². The highest BCUT2D eigenvalue weighted by atomic mass is 79.9. The van der Waals surface area contributed by atoms with E-state index in [0.29, 0.717) is 43.2 Å². The maximum absolute atomic E-state index is 12.8. The number of piperazine rings is 1. The van der Waals surface area contributed by atoms with Crippen LogP contribution in [0.1, 0.15) is 5.56 Å². The van der Waals surface area contributed by atoms with Crippen LogP contribution in [0.15, 0.2) is 56.9 Å². The standard InChI is InChI=1S/C21H25BrN4O5S/c1-30-19-5-3-4-16(21(19)31-2)14-23-24-20(27)15-25-10-12-26(13-11-25)32(28,29)18-8-6-17(22)7-9-18/h3-9,14H,10-13,15H2,1-2H3,(H,24,27). The minimum atomic E-state index is -3.55. The number of para-hydroxylation sites is 1. The van der Waals surface area contributed by atoms with Gasteiger partial charge in [-0.3, -0.25) is 9.69 Å². The molecule has 11 heteroatoms. The zero-order chi connectivity index (χ0) is 23.1. The molecule has 0 saturated carbocycles. The van der Waals surface area contributed by atoms with Crippen molar-refractivity contribution in [3.63, 3.8) is 0 Å². The number of carbonyl (C=O) groups excluding carboxylic acids is 1. The molecule has 1 aliphatic rings. The van der Waals surface area contributed by atoms with Gasteiger partial charge in [0.05, 0.1) is 31.9 Å². The predicted octanol–water partition coefficient (Wildman–Crippen LogP) is 1.92. The van der Waals surface area contributed by atoms with Gasteiger partial charge in [-0.05, 0) is 36.4 Å². The van der Waals surface area contributed by atoms with Crippen LogP contribution in [-0.4, -0.2) is 76.7 Å². The Kier molecular flexibility index (Phi) is 8.24. The fraction of sp³-hybridized carbons (Fsp3) is 0.333. The number of halogens is 1. The molecule has 0 radical (unpaired) electrons. The van der Waals surface area contributed by atoms with Crippen LogP contribution in [0.2, 0.25) is 0 Å². The molecule has 2 aromatic carbocycles. The number of rotatable bonds is 8. The maximum atomic E-state index is 12.8. The zero-order valence-electron chi connectivity index (χ0n) is 17.8. The van der Waals surface area contributed by atoms with Crippen molar-refractivity contribution in [2.24, 2.45) is 5.10 Å². The Balaban J connectivity index is 1.51. The second-order valence-corrected chi connectivity index (χ2v) is 9.86. The number of amides is 1. The van der Waals surface area contributed by atoms with Crippen LogP contribution >= 0.6 is 15.9 Å². The summed E-state index contributed by atoms with van der Waals surface area (Å²) >= 11 is 3.31. The minimum absolute atomic E-state index is 0.124. The monoisotopic (exact) mass is 524 g/mol. The van der Waals surface area contributed by atoms with Crippen molar-refractivity contribution >= 4 is 38.1 Å². The van der Waals surface area contributed by atoms with E-state index in [9.17, 15) is 13.2 Å². The number of carbonyl (C=O) groups is 1. The van der Waals surface area contributed by atoms with Gasteiger partial charge >= 0.3 is 0 Å². The molecule has 0 aromatic heterocycles. The molecule has 2 aromatic rings. The van der Waals surface area contributed by atoms with Gasteiger partial charge in [0.2, 0.25) is 10.0 Å². The summed E-state index contributed by atoms with van der Waals surface area (Å²) in [5.74, 6) is 0.808. The Morgan fingerprint density at radius 2 is 1.78 bits per heavy atom. The highest BCUT2D eigenvalue weighted by Gasteiger charge is 2.29. The summed E-state index contributed by atoms with van der Waals surface area (Å²) in [5, 5.41) is 4.00. The second-order valence-electron chi connectivity index (χ2n) is 7.01. The summed E-state index contributed by atoms with van der Waals surface area (Å²) in [6.07, 6.45) is 1.49.